The minimum atomic E-state index is 0.622. The predicted octanol–water partition coefficient (Wildman–Crippen LogP) is 1.21. The van der Waals surface area contributed by atoms with Crippen LogP contribution in [0.1, 0.15) is 26.1 Å². The molecule has 0 spiro atoms. The highest BCUT2D eigenvalue weighted by Crippen LogP contribution is 2.29. The van der Waals surface area contributed by atoms with Crippen LogP contribution in [0.5, 0.6) is 0 Å². The molecule has 0 bridgehead atoms. The zero-order valence-electron chi connectivity index (χ0n) is 13.0. The number of aryl methyl sites for hydroxylation is 1. The highest BCUT2D eigenvalue weighted by atomic mass is 32.1. The van der Waals surface area contributed by atoms with E-state index in [1.165, 1.54) is 18.0 Å². The third-order valence-electron chi connectivity index (χ3n) is 4.26. The number of rotatable bonds is 3. The van der Waals surface area contributed by atoms with Crippen molar-refractivity contribution in [3.63, 3.8) is 0 Å². The maximum absolute atomic E-state index is 4.58. The molecule has 2 atom stereocenters. The summed E-state index contributed by atoms with van der Waals surface area (Å²) in [5.41, 5.74) is 0. The number of guanidine groups is 1. The van der Waals surface area contributed by atoms with Gasteiger partial charge in [-0.05, 0) is 12.3 Å². The first-order chi connectivity index (χ1) is 10.2. The van der Waals surface area contributed by atoms with Gasteiger partial charge in [0.1, 0.15) is 5.82 Å². The molecule has 21 heavy (non-hydrogen) atoms. The van der Waals surface area contributed by atoms with Crippen LogP contribution in [0.4, 0.5) is 5.13 Å². The maximum atomic E-state index is 4.58. The van der Waals surface area contributed by atoms with E-state index >= 15 is 0 Å². The molecule has 0 aromatic carbocycles. The van der Waals surface area contributed by atoms with Crippen LogP contribution < -0.4 is 10.2 Å². The predicted molar refractivity (Wildman–Crippen MR) is 87.1 cm³/mol. The minimum Gasteiger partial charge on any atom is -0.353 e. The van der Waals surface area contributed by atoms with E-state index in [1.54, 1.807) is 0 Å². The van der Waals surface area contributed by atoms with Gasteiger partial charge in [-0.3, -0.25) is 4.99 Å². The summed E-state index contributed by atoms with van der Waals surface area (Å²) in [6.45, 7) is 8.32. The van der Waals surface area contributed by atoms with E-state index in [9.17, 15) is 0 Å². The van der Waals surface area contributed by atoms with Crippen LogP contribution >= 0.6 is 11.5 Å². The fraction of sp³-hybridized carbons (Fsp3) is 0.786. The largest absolute Gasteiger partial charge is 0.353 e. The Kier molecular flexibility index (Phi) is 4.28. The number of nitrogens with zero attached hydrogens (tertiary/aromatic N) is 5. The Bertz CT molecular complexity index is 505. The molecule has 1 aromatic heterocycles. The van der Waals surface area contributed by atoms with Crippen LogP contribution in [0.2, 0.25) is 0 Å². The Hall–Kier alpha value is -1.37. The van der Waals surface area contributed by atoms with Crippen molar-refractivity contribution in [3.05, 3.63) is 5.82 Å². The van der Waals surface area contributed by atoms with E-state index in [1.807, 2.05) is 7.05 Å². The molecule has 116 valence electrons. The van der Waals surface area contributed by atoms with Crippen LogP contribution in [-0.2, 0) is 6.42 Å². The summed E-state index contributed by atoms with van der Waals surface area (Å²) in [7, 11) is 1.88. The average Bonchev–Trinajstić information content (AvgIpc) is 3.03. The monoisotopic (exact) mass is 308 g/mol. The molecule has 2 heterocycles. The maximum Gasteiger partial charge on any atom is 0.205 e. The summed E-state index contributed by atoms with van der Waals surface area (Å²) in [5, 5.41) is 4.62. The van der Waals surface area contributed by atoms with Gasteiger partial charge in [0.15, 0.2) is 5.96 Å². The quantitative estimate of drug-likeness (QED) is 0.672. The second-order valence-corrected chi connectivity index (χ2v) is 6.56. The number of aromatic nitrogens is 2. The van der Waals surface area contributed by atoms with Crippen molar-refractivity contribution in [2.75, 3.05) is 38.1 Å². The van der Waals surface area contributed by atoms with E-state index in [-0.39, 0.29) is 0 Å². The number of anilines is 1. The molecule has 1 N–H and O–H groups in total. The second kappa shape index (κ2) is 6.17. The van der Waals surface area contributed by atoms with Gasteiger partial charge < -0.3 is 15.1 Å². The molecule has 2 fully saturated rings. The van der Waals surface area contributed by atoms with Gasteiger partial charge in [0.2, 0.25) is 5.13 Å². The third-order valence-corrected chi connectivity index (χ3v) is 5.07. The van der Waals surface area contributed by atoms with Crippen molar-refractivity contribution in [2.24, 2.45) is 10.9 Å². The van der Waals surface area contributed by atoms with Gasteiger partial charge in [-0.1, -0.05) is 13.8 Å². The summed E-state index contributed by atoms with van der Waals surface area (Å²) in [6.07, 6.45) is 2.18. The molecule has 1 aliphatic heterocycles. The SMILES string of the molecule is CCc1nsc(N2CCN(C(=NC)NC3CC3C)CC2)n1. The summed E-state index contributed by atoms with van der Waals surface area (Å²) in [5.74, 6) is 2.80. The van der Waals surface area contributed by atoms with Gasteiger partial charge in [-0.25, -0.2) is 4.98 Å². The topological polar surface area (TPSA) is 56.7 Å². The number of aliphatic imine (C=N–C) groups is 1. The molecule has 2 aliphatic rings. The van der Waals surface area contributed by atoms with Crippen LogP contribution in [0.15, 0.2) is 4.99 Å². The van der Waals surface area contributed by atoms with E-state index in [0.717, 1.165) is 55.4 Å². The lowest BCUT2D eigenvalue weighted by Gasteiger charge is -2.36. The van der Waals surface area contributed by atoms with Crippen LogP contribution in [0.25, 0.3) is 0 Å². The zero-order valence-corrected chi connectivity index (χ0v) is 13.9. The average molecular weight is 308 g/mol. The van der Waals surface area contributed by atoms with Crippen molar-refractivity contribution >= 4 is 22.6 Å². The molecule has 1 aliphatic carbocycles. The Morgan fingerprint density at radius 1 is 1.38 bits per heavy atom. The molecular weight excluding hydrogens is 284 g/mol. The van der Waals surface area contributed by atoms with Crippen molar-refractivity contribution < 1.29 is 0 Å². The Morgan fingerprint density at radius 2 is 2.10 bits per heavy atom. The lowest BCUT2D eigenvalue weighted by Crippen LogP contribution is -2.53. The van der Waals surface area contributed by atoms with E-state index in [4.69, 9.17) is 0 Å². The third kappa shape index (κ3) is 3.28. The summed E-state index contributed by atoms with van der Waals surface area (Å²) in [4.78, 5) is 13.7. The zero-order chi connectivity index (χ0) is 14.8. The normalized spacial score (nSPS) is 26.1. The van der Waals surface area contributed by atoms with Crippen molar-refractivity contribution in [1.82, 2.24) is 19.6 Å². The van der Waals surface area contributed by atoms with Gasteiger partial charge in [0.05, 0.1) is 0 Å². The molecule has 1 saturated heterocycles. The fourth-order valence-corrected chi connectivity index (χ4v) is 3.41. The van der Waals surface area contributed by atoms with E-state index < -0.39 is 0 Å². The van der Waals surface area contributed by atoms with E-state index in [0.29, 0.717) is 6.04 Å². The second-order valence-electron chi connectivity index (χ2n) is 5.83. The number of piperazine rings is 1. The number of nitrogens with one attached hydrogen (secondary N) is 1. The standard InChI is InChI=1S/C14H24N6S/c1-4-12-17-14(21-18-12)20-7-5-19(6-8-20)13(15-3)16-11-9-10(11)2/h10-11H,4-9H2,1-3H3,(H,15,16). The molecule has 3 rings (SSSR count). The lowest BCUT2D eigenvalue weighted by atomic mass is 10.3. The molecular formula is C14H24N6S. The van der Waals surface area contributed by atoms with E-state index in [2.05, 4.69) is 43.3 Å². The highest BCUT2D eigenvalue weighted by molar-refractivity contribution is 7.09. The van der Waals surface area contributed by atoms with Gasteiger partial charge in [0.25, 0.3) is 0 Å². The molecule has 1 aromatic rings. The smallest absolute Gasteiger partial charge is 0.205 e. The number of hydrogen-bond acceptors (Lipinski definition) is 5. The van der Waals surface area contributed by atoms with Crippen LogP contribution in [0.3, 0.4) is 0 Å². The van der Waals surface area contributed by atoms with Crippen LogP contribution in [-0.4, -0.2) is 59.5 Å². The molecule has 1 saturated carbocycles. The molecule has 6 nitrogen and oxygen atoms in total. The van der Waals surface area contributed by atoms with Gasteiger partial charge >= 0.3 is 0 Å². The fourth-order valence-electron chi connectivity index (χ4n) is 2.61. The Morgan fingerprint density at radius 3 is 2.62 bits per heavy atom. The van der Waals surface area contributed by atoms with Crippen molar-refractivity contribution in [2.45, 2.75) is 32.7 Å². The molecule has 2 unspecified atom stereocenters. The Balaban J connectivity index is 1.54. The van der Waals surface area contributed by atoms with Crippen molar-refractivity contribution in [1.29, 1.82) is 0 Å². The van der Waals surface area contributed by atoms with Gasteiger partial charge in [-0.2, -0.15) is 4.37 Å². The molecule has 7 heteroatoms. The van der Waals surface area contributed by atoms with Gasteiger partial charge in [0, 0.05) is 57.2 Å². The summed E-state index contributed by atoms with van der Waals surface area (Å²) < 4.78 is 4.38. The highest BCUT2D eigenvalue weighted by Gasteiger charge is 2.34. The Labute approximate surface area is 130 Å². The first kappa shape index (κ1) is 14.6. The van der Waals surface area contributed by atoms with Gasteiger partial charge in [-0.15, -0.1) is 0 Å². The molecule has 0 amide bonds. The van der Waals surface area contributed by atoms with Crippen molar-refractivity contribution in [3.8, 4) is 0 Å². The first-order valence-corrected chi connectivity index (χ1v) is 8.54. The van der Waals surface area contributed by atoms with Crippen LogP contribution in [0, 0.1) is 5.92 Å². The summed E-state index contributed by atoms with van der Waals surface area (Å²) in [6, 6.07) is 0.622. The minimum absolute atomic E-state index is 0.622. The lowest BCUT2D eigenvalue weighted by molar-refractivity contribution is 0.371. The molecule has 0 radical (unpaired) electrons. The summed E-state index contributed by atoms with van der Waals surface area (Å²) >= 11 is 1.52. The first-order valence-electron chi connectivity index (χ1n) is 7.77. The number of hydrogen-bond donors (Lipinski definition) is 1.